The summed E-state index contributed by atoms with van der Waals surface area (Å²) in [7, 11) is 0. The topological polar surface area (TPSA) is 79.6 Å². The number of fused-ring (bicyclic) bond motifs is 5. The number of nitrogens with zero attached hydrogens (tertiary/aromatic N) is 2. The van der Waals surface area contributed by atoms with E-state index < -0.39 is 63.9 Å². The van der Waals surface area contributed by atoms with Crippen molar-refractivity contribution in [2.45, 2.75) is 49.7 Å². The Morgan fingerprint density at radius 3 is 2.26 bits per heavy atom. The van der Waals surface area contributed by atoms with Gasteiger partial charge < -0.3 is 9.47 Å². The van der Waals surface area contributed by atoms with Crippen molar-refractivity contribution in [3.8, 4) is 11.8 Å². The molecule has 12 heteroatoms. The number of benzene rings is 2. The van der Waals surface area contributed by atoms with Crippen LogP contribution in [-0.4, -0.2) is 29.6 Å². The van der Waals surface area contributed by atoms with Gasteiger partial charge in [-0.25, -0.2) is 4.90 Å². The Morgan fingerprint density at radius 1 is 1.00 bits per heavy atom. The number of nitriles is 1. The van der Waals surface area contributed by atoms with E-state index >= 15 is 0 Å². The van der Waals surface area contributed by atoms with Gasteiger partial charge in [0.2, 0.25) is 11.8 Å². The number of carbonyl (C=O) groups excluding carboxylic acids is 2. The zero-order valence-corrected chi connectivity index (χ0v) is 19.8. The molecule has 2 aromatic carbocycles. The van der Waals surface area contributed by atoms with Crippen LogP contribution in [0.3, 0.4) is 0 Å². The molecule has 0 N–H and O–H groups in total. The van der Waals surface area contributed by atoms with E-state index in [1.165, 1.54) is 18.2 Å². The van der Waals surface area contributed by atoms with Crippen LogP contribution < -0.4 is 9.64 Å². The highest BCUT2D eigenvalue weighted by molar-refractivity contribution is 6.23. The van der Waals surface area contributed by atoms with Gasteiger partial charge in [-0.2, -0.15) is 31.6 Å². The molecule has 4 atom stereocenters. The summed E-state index contributed by atoms with van der Waals surface area (Å²) in [5, 5.41) is 9.06. The SMILES string of the molecule is CC12CCC(CCOc3ccc(C(F)(F)F)cc3)(O1)C1C(=O)N(c3ccc(C#N)c(C(F)(F)F)c3)C(=O)C12. The summed E-state index contributed by atoms with van der Waals surface area (Å²) in [4.78, 5) is 27.7. The van der Waals surface area contributed by atoms with Crippen molar-refractivity contribution in [3.05, 3.63) is 59.2 Å². The third kappa shape index (κ3) is 4.00. The highest BCUT2D eigenvalue weighted by Gasteiger charge is 2.73. The summed E-state index contributed by atoms with van der Waals surface area (Å²) in [6, 6.07) is 8.26. The van der Waals surface area contributed by atoms with Gasteiger partial charge in [0, 0.05) is 6.42 Å². The molecule has 2 amide bonds. The predicted molar refractivity (Wildman–Crippen MR) is 119 cm³/mol. The molecule has 3 fully saturated rings. The zero-order chi connectivity index (χ0) is 27.7. The molecule has 2 bridgehead atoms. The van der Waals surface area contributed by atoms with Gasteiger partial charge in [0.1, 0.15) is 5.75 Å². The Bertz CT molecular complexity index is 1350. The van der Waals surface area contributed by atoms with Crippen LogP contribution in [-0.2, 0) is 26.7 Å². The van der Waals surface area contributed by atoms with Gasteiger partial charge in [-0.15, -0.1) is 0 Å². The molecule has 5 rings (SSSR count). The number of alkyl halides is 6. The van der Waals surface area contributed by atoms with Crippen molar-refractivity contribution in [2.75, 3.05) is 11.5 Å². The fourth-order valence-electron chi connectivity index (χ4n) is 5.95. The van der Waals surface area contributed by atoms with E-state index in [4.69, 9.17) is 14.7 Å². The van der Waals surface area contributed by atoms with Crippen molar-refractivity contribution in [3.63, 3.8) is 0 Å². The Morgan fingerprint density at radius 2 is 1.66 bits per heavy atom. The number of rotatable bonds is 5. The van der Waals surface area contributed by atoms with Crippen LogP contribution in [0.5, 0.6) is 5.75 Å². The molecular formula is C26H20F6N2O4. The maximum absolute atomic E-state index is 13.5. The first-order valence-electron chi connectivity index (χ1n) is 11.7. The minimum absolute atomic E-state index is 0.0266. The largest absolute Gasteiger partial charge is 0.493 e. The molecule has 0 aromatic heterocycles. The van der Waals surface area contributed by atoms with Crippen molar-refractivity contribution < 1.29 is 45.4 Å². The molecule has 3 heterocycles. The highest BCUT2D eigenvalue weighted by Crippen LogP contribution is 2.62. The van der Waals surface area contributed by atoms with Gasteiger partial charge in [-0.1, -0.05) is 0 Å². The maximum atomic E-state index is 13.5. The third-order valence-electron chi connectivity index (χ3n) is 7.67. The average Bonchev–Trinajstić information content (AvgIpc) is 3.42. The standard InChI is InChI=1S/C26H20F6N2O4/c1-23-8-9-24(38-23,10-11-37-17-6-3-15(4-7-17)25(27,28)29)20-19(23)21(35)34(22(20)36)16-5-2-14(13-33)18(12-16)26(30,31)32/h2-7,12,19-20H,8-11H2,1H3. The summed E-state index contributed by atoms with van der Waals surface area (Å²) in [6.45, 7) is 1.66. The lowest BCUT2D eigenvalue weighted by atomic mass is 9.67. The molecule has 4 unspecified atom stereocenters. The van der Waals surface area contributed by atoms with Crippen molar-refractivity contribution in [2.24, 2.45) is 11.8 Å². The summed E-state index contributed by atoms with van der Waals surface area (Å²) < 4.78 is 90.7. The zero-order valence-electron chi connectivity index (χ0n) is 19.8. The van der Waals surface area contributed by atoms with Gasteiger partial charge in [0.15, 0.2) is 0 Å². The van der Waals surface area contributed by atoms with Gasteiger partial charge in [0.05, 0.1) is 58.1 Å². The van der Waals surface area contributed by atoms with E-state index in [2.05, 4.69) is 0 Å². The van der Waals surface area contributed by atoms with Crippen molar-refractivity contribution in [1.82, 2.24) is 0 Å². The van der Waals surface area contributed by atoms with Crippen LogP contribution in [0, 0.1) is 23.2 Å². The smallest absolute Gasteiger partial charge is 0.417 e. The molecule has 2 aromatic rings. The Balaban J connectivity index is 1.39. The van der Waals surface area contributed by atoms with Crippen LogP contribution in [0.2, 0.25) is 0 Å². The molecule has 0 saturated carbocycles. The monoisotopic (exact) mass is 538 g/mol. The first kappa shape index (κ1) is 26.0. The third-order valence-corrected chi connectivity index (χ3v) is 7.67. The molecule has 0 radical (unpaired) electrons. The van der Waals surface area contributed by atoms with E-state index in [0.29, 0.717) is 18.9 Å². The first-order valence-corrected chi connectivity index (χ1v) is 11.7. The van der Waals surface area contributed by atoms with E-state index in [1.54, 1.807) is 6.92 Å². The van der Waals surface area contributed by atoms with Crippen LogP contribution in [0.25, 0.3) is 0 Å². The number of halogens is 6. The molecule has 6 nitrogen and oxygen atoms in total. The Labute approximate surface area is 212 Å². The molecular weight excluding hydrogens is 518 g/mol. The summed E-state index contributed by atoms with van der Waals surface area (Å²) >= 11 is 0. The lowest BCUT2D eigenvalue weighted by molar-refractivity contribution is -0.138. The van der Waals surface area contributed by atoms with Crippen molar-refractivity contribution in [1.29, 1.82) is 5.26 Å². The first-order chi connectivity index (χ1) is 17.7. The second kappa shape index (κ2) is 8.46. The minimum atomic E-state index is -4.87. The van der Waals surface area contributed by atoms with Gasteiger partial charge in [-0.05, 0) is 62.2 Å². The number of amides is 2. The highest BCUT2D eigenvalue weighted by atomic mass is 19.4. The molecule has 3 saturated heterocycles. The number of hydrogen-bond acceptors (Lipinski definition) is 5. The quantitative estimate of drug-likeness (QED) is 0.372. The lowest BCUT2D eigenvalue weighted by Gasteiger charge is -2.31. The second-order valence-electron chi connectivity index (χ2n) is 9.91. The van der Waals surface area contributed by atoms with Crippen LogP contribution in [0.1, 0.15) is 42.9 Å². The van der Waals surface area contributed by atoms with Gasteiger partial charge >= 0.3 is 12.4 Å². The van der Waals surface area contributed by atoms with Gasteiger partial charge in [-0.3, -0.25) is 9.59 Å². The number of hydrogen-bond donors (Lipinski definition) is 0. The molecule has 0 aliphatic carbocycles. The fraction of sp³-hybridized carbons (Fsp3) is 0.423. The van der Waals surface area contributed by atoms with E-state index in [1.807, 2.05) is 0 Å². The minimum Gasteiger partial charge on any atom is -0.493 e. The summed E-state index contributed by atoms with van der Waals surface area (Å²) in [6.07, 6.45) is -8.39. The molecule has 38 heavy (non-hydrogen) atoms. The van der Waals surface area contributed by atoms with Crippen LogP contribution >= 0.6 is 0 Å². The fourth-order valence-corrected chi connectivity index (χ4v) is 5.95. The Kier molecular flexibility index (Phi) is 5.80. The maximum Gasteiger partial charge on any atom is 0.417 e. The van der Waals surface area contributed by atoms with Crippen molar-refractivity contribution >= 4 is 17.5 Å². The second-order valence-corrected chi connectivity index (χ2v) is 9.91. The number of ether oxygens (including phenoxy) is 2. The number of carbonyl (C=O) groups is 2. The predicted octanol–water partition coefficient (Wildman–Crippen LogP) is 5.49. The summed E-state index contributed by atoms with van der Waals surface area (Å²) in [5.74, 6) is -3.08. The van der Waals surface area contributed by atoms with E-state index in [9.17, 15) is 35.9 Å². The van der Waals surface area contributed by atoms with E-state index in [-0.39, 0.29) is 24.5 Å². The lowest BCUT2D eigenvalue weighted by Crippen LogP contribution is -2.43. The number of anilines is 1. The Hall–Kier alpha value is -3.59. The molecule has 3 aliphatic heterocycles. The molecule has 200 valence electrons. The van der Waals surface area contributed by atoms with Crippen LogP contribution in [0.4, 0.5) is 32.0 Å². The molecule has 0 spiro atoms. The molecule has 3 aliphatic rings. The van der Waals surface area contributed by atoms with E-state index in [0.717, 1.165) is 29.2 Å². The van der Waals surface area contributed by atoms with Gasteiger partial charge in [0.25, 0.3) is 0 Å². The normalized spacial score (nSPS) is 28.5. The van der Waals surface area contributed by atoms with Crippen LogP contribution in [0.15, 0.2) is 42.5 Å². The summed E-state index contributed by atoms with van der Waals surface area (Å²) in [5.41, 5.74) is -5.12. The number of imide groups is 1. The average molecular weight is 538 g/mol.